The first-order valence-corrected chi connectivity index (χ1v) is 6.51. The van der Waals surface area contributed by atoms with Crippen LogP contribution in [-0.4, -0.2) is 51.3 Å². The zero-order valence-electron chi connectivity index (χ0n) is 11.7. The monoisotopic (exact) mass is 297 g/mol. The predicted molar refractivity (Wildman–Crippen MR) is 74.6 cm³/mol. The first kappa shape index (κ1) is 15.6. The van der Waals surface area contributed by atoms with Gasteiger partial charge in [-0.05, 0) is 6.92 Å². The number of ether oxygens (including phenoxy) is 2. The normalized spacial score (nSPS) is 28.7. The molecule has 0 bridgehead atoms. The molecule has 4 atom stereocenters. The first-order chi connectivity index (χ1) is 9.99. The predicted octanol–water partition coefficient (Wildman–Crippen LogP) is -1.04. The van der Waals surface area contributed by atoms with Crippen molar-refractivity contribution in [1.29, 1.82) is 0 Å². The maximum Gasteiger partial charge on any atom is 0.351 e. The van der Waals surface area contributed by atoms with Crippen LogP contribution in [0.1, 0.15) is 11.8 Å². The number of hydrogen-bond acceptors (Lipinski definition) is 7. The van der Waals surface area contributed by atoms with E-state index in [1.165, 1.54) is 16.8 Å². The summed E-state index contributed by atoms with van der Waals surface area (Å²) in [4.78, 5) is 15.7. The lowest BCUT2D eigenvalue weighted by Crippen LogP contribution is -2.38. The summed E-state index contributed by atoms with van der Waals surface area (Å²) in [6.07, 6.45) is -0.601. The summed E-state index contributed by atoms with van der Waals surface area (Å²) < 4.78 is 12.2. The maximum absolute atomic E-state index is 12.0. The molecule has 0 aromatic carbocycles. The Morgan fingerprint density at radius 2 is 2.38 bits per heavy atom. The molecule has 1 aliphatic rings. The SMILES string of the molecule is C=CCOC1C(O)[C@@H](CO)O[C@H]1n1cc(C)c(N)nc1=O. The van der Waals surface area contributed by atoms with E-state index in [2.05, 4.69) is 11.6 Å². The Morgan fingerprint density at radius 1 is 1.67 bits per heavy atom. The van der Waals surface area contributed by atoms with Crippen LogP contribution in [-0.2, 0) is 9.47 Å². The minimum Gasteiger partial charge on any atom is -0.394 e. The second-order valence-electron chi connectivity index (χ2n) is 4.82. The second-order valence-corrected chi connectivity index (χ2v) is 4.82. The molecule has 0 saturated carbocycles. The molecule has 116 valence electrons. The van der Waals surface area contributed by atoms with Gasteiger partial charge in [-0.3, -0.25) is 4.57 Å². The second kappa shape index (κ2) is 6.35. The van der Waals surface area contributed by atoms with Gasteiger partial charge in [0.1, 0.15) is 24.1 Å². The number of nitrogens with zero attached hydrogens (tertiary/aromatic N) is 2. The molecule has 0 radical (unpaired) electrons. The van der Waals surface area contributed by atoms with E-state index in [0.29, 0.717) is 5.56 Å². The molecule has 0 amide bonds. The molecule has 2 unspecified atom stereocenters. The Bertz CT molecular complexity index is 573. The number of hydrogen-bond donors (Lipinski definition) is 3. The summed E-state index contributed by atoms with van der Waals surface area (Å²) in [7, 11) is 0. The van der Waals surface area contributed by atoms with E-state index in [-0.39, 0.29) is 19.0 Å². The molecule has 1 fully saturated rings. The third-order valence-electron chi connectivity index (χ3n) is 3.35. The van der Waals surface area contributed by atoms with Crippen molar-refractivity contribution in [3.8, 4) is 0 Å². The van der Waals surface area contributed by atoms with E-state index >= 15 is 0 Å². The molecule has 1 aliphatic heterocycles. The molecule has 4 N–H and O–H groups in total. The minimum atomic E-state index is -1.07. The van der Waals surface area contributed by atoms with Gasteiger partial charge in [-0.2, -0.15) is 4.98 Å². The summed E-state index contributed by atoms with van der Waals surface area (Å²) in [6.45, 7) is 5.02. The van der Waals surface area contributed by atoms with Crippen molar-refractivity contribution >= 4 is 5.82 Å². The number of nitrogen functional groups attached to an aromatic ring is 1. The summed E-state index contributed by atoms with van der Waals surface area (Å²) >= 11 is 0. The maximum atomic E-state index is 12.0. The molecule has 1 aromatic heterocycles. The number of rotatable bonds is 5. The molecule has 8 nitrogen and oxygen atoms in total. The quantitative estimate of drug-likeness (QED) is 0.593. The van der Waals surface area contributed by atoms with Crippen molar-refractivity contribution < 1.29 is 19.7 Å². The first-order valence-electron chi connectivity index (χ1n) is 6.51. The molecule has 8 heteroatoms. The van der Waals surface area contributed by atoms with Gasteiger partial charge < -0.3 is 25.4 Å². The van der Waals surface area contributed by atoms with Gasteiger partial charge in [-0.1, -0.05) is 6.08 Å². The van der Waals surface area contributed by atoms with Crippen LogP contribution in [0.15, 0.2) is 23.6 Å². The Kier molecular flexibility index (Phi) is 4.73. The summed E-state index contributed by atoms with van der Waals surface area (Å²) in [6, 6.07) is 0. The fourth-order valence-corrected chi connectivity index (χ4v) is 2.21. The van der Waals surface area contributed by atoms with Crippen LogP contribution >= 0.6 is 0 Å². The van der Waals surface area contributed by atoms with Gasteiger partial charge in [0.05, 0.1) is 13.2 Å². The highest BCUT2D eigenvalue weighted by Crippen LogP contribution is 2.31. The van der Waals surface area contributed by atoms with Gasteiger partial charge >= 0.3 is 5.69 Å². The van der Waals surface area contributed by atoms with Crippen molar-refractivity contribution in [3.05, 3.63) is 34.9 Å². The highest BCUT2D eigenvalue weighted by Gasteiger charge is 2.45. The van der Waals surface area contributed by atoms with Crippen molar-refractivity contribution in [1.82, 2.24) is 9.55 Å². The molecule has 2 heterocycles. The molecule has 1 aromatic rings. The third kappa shape index (κ3) is 2.98. The molecule has 0 spiro atoms. The number of nitrogens with two attached hydrogens (primary N) is 1. The van der Waals surface area contributed by atoms with Crippen molar-refractivity contribution in [2.75, 3.05) is 18.9 Å². The van der Waals surface area contributed by atoms with Crippen LogP contribution in [0.3, 0.4) is 0 Å². The van der Waals surface area contributed by atoms with Gasteiger partial charge in [-0.15, -0.1) is 6.58 Å². The molecule has 1 saturated heterocycles. The highest BCUT2D eigenvalue weighted by atomic mass is 16.6. The Balaban J connectivity index is 2.37. The lowest BCUT2D eigenvalue weighted by Gasteiger charge is -2.22. The van der Waals surface area contributed by atoms with Gasteiger partial charge in [0.15, 0.2) is 6.23 Å². The number of aromatic nitrogens is 2. The topological polar surface area (TPSA) is 120 Å². The van der Waals surface area contributed by atoms with Gasteiger partial charge in [-0.25, -0.2) is 4.79 Å². The largest absolute Gasteiger partial charge is 0.394 e. The van der Waals surface area contributed by atoms with Crippen molar-refractivity contribution in [2.45, 2.75) is 31.5 Å². The van der Waals surface area contributed by atoms with Crippen LogP contribution in [0.25, 0.3) is 0 Å². The summed E-state index contributed by atoms with van der Waals surface area (Å²) in [5, 5.41) is 19.3. The standard InChI is InChI=1S/C13H19N3O5/c1-3-4-20-10-9(18)8(6-17)21-12(10)16-5-7(2)11(14)15-13(16)19/h3,5,8-10,12,17-18H,1,4,6H2,2H3,(H2,14,15,19)/t8-,9?,10?,12-/m1/s1. The van der Waals surface area contributed by atoms with Crippen LogP contribution < -0.4 is 11.4 Å². The van der Waals surface area contributed by atoms with Crippen LogP contribution in [0.4, 0.5) is 5.82 Å². The van der Waals surface area contributed by atoms with Gasteiger partial charge in [0.2, 0.25) is 0 Å². The minimum absolute atomic E-state index is 0.136. The fourth-order valence-electron chi connectivity index (χ4n) is 2.21. The Labute approximate surface area is 121 Å². The summed E-state index contributed by atoms with van der Waals surface area (Å²) in [5.74, 6) is 0.136. The van der Waals surface area contributed by atoms with E-state index < -0.39 is 30.2 Å². The number of aliphatic hydroxyl groups excluding tert-OH is 2. The zero-order valence-corrected chi connectivity index (χ0v) is 11.7. The van der Waals surface area contributed by atoms with E-state index in [1.54, 1.807) is 6.92 Å². The summed E-state index contributed by atoms with van der Waals surface area (Å²) in [5.41, 5.74) is 5.57. The Hall–Kier alpha value is -1.74. The average Bonchev–Trinajstić information content (AvgIpc) is 2.77. The number of aliphatic hydroxyl groups is 2. The smallest absolute Gasteiger partial charge is 0.351 e. The van der Waals surface area contributed by atoms with E-state index in [1.807, 2.05) is 0 Å². The van der Waals surface area contributed by atoms with E-state index in [4.69, 9.17) is 15.2 Å². The highest BCUT2D eigenvalue weighted by molar-refractivity contribution is 5.35. The molecule has 21 heavy (non-hydrogen) atoms. The average molecular weight is 297 g/mol. The van der Waals surface area contributed by atoms with E-state index in [9.17, 15) is 15.0 Å². The van der Waals surface area contributed by atoms with Crippen molar-refractivity contribution in [3.63, 3.8) is 0 Å². The molecular formula is C13H19N3O5. The fraction of sp³-hybridized carbons (Fsp3) is 0.538. The van der Waals surface area contributed by atoms with Crippen LogP contribution in [0.5, 0.6) is 0 Å². The molecule has 0 aliphatic carbocycles. The molecular weight excluding hydrogens is 278 g/mol. The third-order valence-corrected chi connectivity index (χ3v) is 3.35. The number of anilines is 1. The van der Waals surface area contributed by atoms with E-state index in [0.717, 1.165) is 0 Å². The van der Waals surface area contributed by atoms with Crippen molar-refractivity contribution in [2.24, 2.45) is 0 Å². The number of aryl methyl sites for hydroxylation is 1. The van der Waals surface area contributed by atoms with Gasteiger partial charge in [0.25, 0.3) is 0 Å². The van der Waals surface area contributed by atoms with Gasteiger partial charge in [0, 0.05) is 11.8 Å². The lowest BCUT2D eigenvalue weighted by molar-refractivity contribution is -0.0686. The van der Waals surface area contributed by atoms with Crippen LogP contribution in [0.2, 0.25) is 0 Å². The lowest BCUT2D eigenvalue weighted by atomic mass is 10.1. The molecule has 2 rings (SSSR count). The van der Waals surface area contributed by atoms with Crippen LogP contribution in [0, 0.1) is 6.92 Å². The Morgan fingerprint density at radius 3 is 3.00 bits per heavy atom. The zero-order chi connectivity index (χ0) is 15.6.